The van der Waals surface area contributed by atoms with Gasteiger partial charge in [-0.3, -0.25) is 0 Å². The van der Waals surface area contributed by atoms with Gasteiger partial charge in [-0.15, -0.1) is 11.8 Å². The number of hydrogen-bond acceptors (Lipinski definition) is 1. The van der Waals surface area contributed by atoms with Crippen LogP contribution in [0.15, 0.2) is 17.0 Å². The zero-order valence-corrected chi connectivity index (χ0v) is 7.17. The van der Waals surface area contributed by atoms with Crippen molar-refractivity contribution in [3.63, 3.8) is 0 Å². The van der Waals surface area contributed by atoms with E-state index in [-0.39, 0.29) is 5.82 Å². The van der Waals surface area contributed by atoms with Crippen molar-refractivity contribution >= 4 is 11.8 Å². The van der Waals surface area contributed by atoms with Crippen LogP contribution in [0.25, 0.3) is 0 Å². The Morgan fingerprint density at radius 2 is 2.27 bits per heavy atom. The van der Waals surface area contributed by atoms with E-state index in [0.29, 0.717) is 0 Å². The van der Waals surface area contributed by atoms with E-state index in [9.17, 15) is 4.39 Å². The summed E-state index contributed by atoms with van der Waals surface area (Å²) < 4.78 is 13.0. The lowest BCUT2D eigenvalue weighted by Gasteiger charge is -2.00. The van der Waals surface area contributed by atoms with Crippen LogP contribution in [0.3, 0.4) is 0 Å². The topological polar surface area (TPSA) is 0 Å². The SMILES string of the molecule is Cc1cc2c(cc1F)CCS2. The zero-order chi connectivity index (χ0) is 7.84. The molecule has 58 valence electrons. The monoisotopic (exact) mass is 168 g/mol. The summed E-state index contributed by atoms with van der Waals surface area (Å²) >= 11 is 1.82. The second-order valence-corrected chi connectivity index (χ2v) is 3.94. The molecule has 0 unspecified atom stereocenters. The van der Waals surface area contributed by atoms with E-state index in [1.165, 1.54) is 10.5 Å². The molecule has 11 heavy (non-hydrogen) atoms. The van der Waals surface area contributed by atoms with Crippen LogP contribution in [-0.4, -0.2) is 5.75 Å². The van der Waals surface area contributed by atoms with E-state index in [0.717, 1.165) is 17.7 Å². The summed E-state index contributed by atoms with van der Waals surface area (Å²) in [5.74, 6) is 1.05. The van der Waals surface area contributed by atoms with E-state index in [2.05, 4.69) is 0 Å². The molecule has 0 nitrogen and oxygen atoms in total. The summed E-state index contributed by atoms with van der Waals surface area (Å²) in [6.45, 7) is 1.81. The van der Waals surface area contributed by atoms with Gasteiger partial charge in [-0.1, -0.05) is 0 Å². The Morgan fingerprint density at radius 1 is 1.45 bits per heavy atom. The summed E-state index contributed by atoms with van der Waals surface area (Å²) in [7, 11) is 0. The molecule has 0 aromatic heterocycles. The third-order valence-corrected chi connectivity index (χ3v) is 3.07. The van der Waals surface area contributed by atoms with E-state index in [1.54, 1.807) is 6.07 Å². The van der Waals surface area contributed by atoms with Gasteiger partial charge in [0.2, 0.25) is 0 Å². The van der Waals surface area contributed by atoms with Crippen LogP contribution in [0.1, 0.15) is 11.1 Å². The van der Waals surface area contributed by atoms with Gasteiger partial charge in [-0.05, 0) is 36.6 Å². The van der Waals surface area contributed by atoms with Crippen LogP contribution in [0, 0.1) is 12.7 Å². The average Bonchev–Trinajstić information content (AvgIpc) is 2.36. The molecule has 1 heterocycles. The number of hydrogen-bond donors (Lipinski definition) is 0. The highest BCUT2D eigenvalue weighted by atomic mass is 32.2. The van der Waals surface area contributed by atoms with E-state index in [4.69, 9.17) is 0 Å². The van der Waals surface area contributed by atoms with Gasteiger partial charge in [0.25, 0.3) is 0 Å². The largest absolute Gasteiger partial charge is 0.207 e. The number of benzene rings is 1. The normalized spacial score (nSPS) is 15.1. The molecule has 0 bridgehead atoms. The second kappa shape index (κ2) is 2.52. The quantitative estimate of drug-likeness (QED) is 0.574. The number of fused-ring (bicyclic) bond motifs is 1. The highest BCUT2D eigenvalue weighted by molar-refractivity contribution is 7.99. The third-order valence-electron chi connectivity index (χ3n) is 1.97. The van der Waals surface area contributed by atoms with Crippen LogP contribution >= 0.6 is 11.8 Å². The Hall–Kier alpha value is -0.500. The Labute approximate surface area is 69.8 Å². The average molecular weight is 168 g/mol. The molecule has 0 saturated heterocycles. The van der Waals surface area contributed by atoms with E-state index >= 15 is 0 Å². The van der Waals surface area contributed by atoms with E-state index in [1.807, 2.05) is 24.8 Å². The van der Waals surface area contributed by atoms with Gasteiger partial charge in [0.15, 0.2) is 0 Å². The van der Waals surface area contributed by atoms with Gasteiger partial charge >= 0.3 is 0 Å². The molecule has 0 aliphatic carbocycles. The molecule has 0 amide bonds. The smallest absolute Gasteiger partial charge is 0.126 e. The van der Waals surface area contributed by atoms with Crippen molar-refractivity contribution < 1.29 is 4.39 Å². The lowest BCUT2D eigenvalue weighted by atomic mass is 10.1. The lowest BCUT2D eigenvalue weighted by molar-refractivity contribution is 0.615. The summed E-state index contributed by atoms with van der Waals surface area (Å²) in [5, 5.41) is 0. The molecular weight excluding hydrogens is 159 g/mol. The fourth-order valence-corrected chi connectivity index (χ4v) is 2.45. The summed E-state index contributed by atoms with van der Waals surface area (Å²) in [4.78, 5) is 1.27. The maximum Gasteiger partial charge on any atom is 0.126 e. The van der Waals surface area contributed by atoms with Gasteiger partial charge in [0.1, 0.15) is 5.82 Å². The van der Waals surface area contributed by atoms with Crippen molar-refractivity contribution in [2.24, 2.45) is 0 Å². The highest BCUT2D eigenvalue weighted by Gasteiger charge is 2.12. The van der Waals surface area contributed by atoms with Crippen LogP contribution < -0.4 is 0 Å². The second-order valence-electron chi connectivity index (χ2n) is 2.81. The minimum absolute atomic E-state index is 0.0637. The van der Waals surface area contributed by atoms with E-state index < -0.39 is 0 Å². The maximum absolute atomic E-state index is 13.0. The third kappa shape index (κ3) is 1.16. The fraction of sp³-hybridized carbons (Fsp3) is 0.333. The number of rotatable bonds is 0. The van der Waals surface area contributed by atoms with Crippen molar-refractivity contribution in [3.8, 4) is 0 Å². The lowest BCUT2D eigenvalue weighted by Crippen LogP contribution is -1.86. The van der Waals surface area contributed by atoms with Gasteiger partial charge in [0, 0.05) is 10.6 Å². The molecule has 1 aliphatic heterocycles. The highest BCUT2D eigenvalue weighted by Crippen LogP contribution is 2.32. The number of halogens is 1. The first-order valence-corrected chi connectivity index (χ1v) is 4.68. The Balaban J connectivity index is 2.57. The first kappa shape index (κ1) is 7.17. The molecule has 0 saturated carbocycles. The van der Waals surface area contributed by atoms with Crippen molar-refractivity contribution in [2.75, 3.05) is 5.75 Å². The molecule has 0 atom stereocenters. The molecular formula is C9H9FS. The Morgan fingerprint density at radius 3 is 3.09 bits per heavy atom. The maximum atomic E-state index is 13.0. The standard InChI is InChI=1S/C9H9FS/c1-6-4-9-7(2-3-11-9)5-8(6)10/h4-5H,2-3H2,1H3. The zero-order valence-electron chi connectivity index (χ0n) is 6.36. The molecule has 0 radical (unpaired) electrons. The summed E-state index contributed by atoms with van der Waals surface area (Å²) in [6, 6.07) is 3.62. The van der Waals surface area contributed by atoms with Crippen molar-refractivity contribution in [1.82, 2.24) is 0 Å². The van der Waals surface area contributed by atoms with Crippen LogP contribution in [0.5, 0.6) is 0 Å². The molecule has 1 aromatic rings. The van der Waals surface area contributed by atoms with Crippen LogP contribution in [-0.2, 0) is 6.42 Å². The van der Waals surface area contributed by atoms with Gasteiger partial charge in [-0.25, -0.2) is 4.39 Å². The molecule has 2 heteroatoms. The molecule has 0 spiro atoms. The summed E-state index contributed by atoms with van der Waals surface area (Å²) in [6.07, 6.45) is 1.02. The van der Waals surface area contributed by atoms with Crippen molar-refractivity contribution in [2.45, 2.75) is 18.2 Å². The Kier molecular flexibility index (Phi) is 1.64. The Bertz CT molecular complexity index is 265. The first-order valence-electron chi connectivity index (χ1n) is 3.69. The van der Waals surface area contributed by atoms with Crippen LogP contribution in [0.2, 0.25) is 0 Å². The molecule has 1 aromatic carbocycles. The van der Waals surface area contributed by atoms with Gasteiger partial charge in [-0.2, -0.15) is 0 Å². The van der Waals surface area contributed by atoms with Crippen LogP contribution in [0.4, 0.5) is 4.39 Å². The predicted octanol–water partition coefficient (Wildman–Crippen LogP) is 2.78. The van der Waals surface area contributed by atoms with Gasteiger partial charge < -0.3 is 0 Å². The number of aryl methyl sites for hydroxylation is 2. The minimum atomic E-state index is -0.0637. The fourth-order valence-electron chi connectivity index (χ4n) is 1.30. The first-order chi connectivity index (χ1) is 5.27. The van der Waals surface area contributed by atoms with Gasteiger partial charge in [0.05, 0.1) is 0 Å². The molecule has 0 N–H and O–H groups in total. The molecule has 1 aliphatic rings. The summed E-state index contributed by atoms with van der Waals surface area (Å²) in [5.41, 5.74) is 1.94. The molecule has 2 rings (SSSR count). The molecule has 0 fully saturated rings. The van der Waals surface area contributed by atoms with Crippen molar-refractivity contribution in [1.29, 1.82) is 0 Å². The predicted molar refractivity (Wildman–Crippen MR) is 45.6 cm³/mol. The van der Waals surface area contributed by atoms with Crippen molar-refractivity contribution in [3.05, 3.63) is 29.1 Å². The minimum Gasteiger partial charge on any atom is -0.207 e. The number of thioether (sulfide) groups is 1.